The van der Waals surface area contributed by atoms with Crippen LogP contribution >= 0.6 is 0 Å². The summed E-state index contributed by atoms with van der Waals surface area (Å²) in [6.07, 6.45) is 8.00. The maximum atomic E-state index is 9.48. The highest BCUT2D eigenvalue weighted by Crippen LogP contribution is 2.61. The van der Waals surface area contributed by atoms with Crippen LogP contribution in [0.2, 0.25) is 0 Å². The number of rotatable bonds is 5. The third-order valence-corrected chi connectivity index (χ3v) is 5.87. The second-order valence-electron chi connectivity index (χ2n) is 7.25. The summed E-state index contributed by atoms with van der Waals surface area (Å²) in [5.74, 6) is 2.93. The molecule has 0 spiro atoms. The second kappa shape index (κ2) is 4.77. The lowest BCUT2D eigenvalue weighted by atomic mass is 9.48. The third-order valence-electron chi connectivity index (χ3n) is 5.87. The van der Waals surface area contributed by atoms with E-state index in [2.05, 4.69) is 12.2 Å². The van der Waals surface area contributed by atoms with Crippen LogP contribution in [0.5, 0.6) is 0 Å². The molecule has 0 aromatic heterocycles. The number of aliphatic hydroxyl groups is 2. The van der Waals surface area contributed by atoms with Crippen molar-refractivity contribution in [3.63, 3.8) is 0 Å². The highest BCUT2D eigenvalue weighted by molar-refractivity contribution is 5.05. The Morgan fingerprint density at radius 1 is 1.11 bits per heavy atom. The summed E-state index contributed by atoms with van der Waals surface area (Å²) in [7, 11) is 0. The summed E-state index contributed by atoms with van der Waals surface area (Å²) in [6, 6.07) is 0.479. The summed E-state index contributed by atoms with van der Waals surface area (Å²) >= 11 is 0. The molecular weight excluding hydrogens is 226 g/mol. The first-order chi connectivity index (χ1) is 8.61. The molecule has 0 heterocycles. The van der Waals surface area contributed by atoms with Crippen molar-refractivity contribution >= 4 is 0 Å². The molecule has 4 bridgehead atoms. The van der Waals surface area contributed by atoms with E-state index in [4.69, 9.17) is 5.11 Å². The van der Waals surface area contributed by atoms with Crippen LogP contribution in [0.3, 0.4) is 0 Å². The molecule has 18 heavy (non-hydrogen) atoms. The molecule has 4 rings (SSSR count). The Balaban J connectivity index is 1.63. The Bertz CT molecular complexity index is 270. The van der Waals surface area contributed by atoms with Gasteiger partial charge in [-0.2, -0.15) is 0 Å². The highest BCUT2D eigenvalue weighted by Gasteiger charge is 2.52. The van der Waals surface area contributed by atoms with Gasteiger partial charge >= 0.3 is 0 Å². The smallest absolute Gasteiger partial charge is 0.0895 e. The van der Waals surface area contributed by atoms with Crippen molar-refractivity contribution in [3.8, 4) is 0 Å². The van der Waals surface area contributed by atoms with E-state index in [9.17, 15) is 5.11 Å². The molecule has 0 aromatic rings. The standard InChI is InChI=1S/C15H27NO2/c1-10(16-8-14(18)9-17)15-5-11-2-12(6-15)4-13(3-11)7-15/h10-14,16-18H,2-9H2,1H3/t10-,11?,12?,13?,14-,15?/m0/s1. The minimum absolute atomic E-state index is 0.138. The summed E-state index contributed by atoms with van der Waals surface area (Å²) in [6.45, 7) is 2.68. The zero-order chi connectivity index (χ0) is 12.8. The minimum Gasteiger partial charge on any atom is -0.394 e. The van der Waals surface area contributed by atoms with Crippen molar-refractivity contribution in [1.82, 2.24) is 5.32 Å². The van der Waals surface area contributed by atoms with Crippen LogP contribution in [0.4, 0.5) is 0 Å². The summed E-state index contributed by atoms with van der Waals surface area (Å²) in [5, 5.41) is 21.8. The Morgan fingerprint density at radius 3 is 2.06 bits per heavy atom. The molecule has 2 atom stereocenters. The predicted molar refractivity (Wildman–Crippen MR) is 71.2 cm³/mol. The molecule has 4 aliphatic rings. The predicted octanol–water partition coefficient (Wildman–Crippen LogP) is 1.53. The molecule has 104 valence electrons. The first-order valence-corrected chi connectivity index (χ1v) is 7.63. The first-order valence-electron chi connectivity index (χ1n) is 7.63. The molecule has 3 heteroatoms. The van der Waals surface area contributed by atoms with Gasteiger partial charge in [0.2, 0.25) is 0 Å². The van der Waals surface area contributed by atoms with E-state index >= 15 is 0 Å². The van der Waals surface area contributed by atoms with Crippen LogP contribution in [0.15, 0.2) is 0 Å². The summed E-state index contributed by atoms with van der Waals surface area (Å²) < 4.78 is 0. The number of nitrogens with one attached hydrogen (secondary N) is 1. The van der Waals surface area contributed by atoms with Crippen molar-refractivity contribution in [2.75, 3.05) is 13.2 Å². The molecule has 3 N–H and O–H groups in total. The van der Waals surface area contributed by atoms with E-state index in [1.165, 1.54) is 38.5 Å². The molecule has 0 aromatic carbocycles. The molecule has 0 radical (unpaired) electrons. The van der Waals surface area contributed by atoms with Gasteiger partial charge in [0.1, 0.15) is 0 Å². The van der Waals surface area contributed by atoms with E-state index in [1.54, 1.807) is 0 Å². The van der Waals surface area contributed by atoms with Crippen LogP contribution in [-0.2, 0) is 0 Å². The van der Waals surface area contributed by atoms with Crippen LogP contribution in [0.1, 0.15) is 45.4 Å². The van der Waals surface area contributed by atoms with Gasteiger partial charge < -0.3 is 15.5 Å². The SMILES string of the molecule is C[C@H](NC[C@H](O)CO)C12CC3CC(CC(C3)C1)C2. The van der Waals surface area contributed by atoms with Crippen LogP contribution in [0.25, 0.3) is 0 Å². The summed E-state index contributed by atoms with van der Waals surface area (Å²) in [4.78, 5) is 0. The molecular formula is C15H27NO2. The van der Waals surface area contributed by atoms with E-state index in [0.29, 0.717) is 18.0 Å². The second-order valence-corrected chi connectivity index (χ2v) is 7.25. The third kappa shape index (κ3) is 2.21. The highest BCUT2D eigenvalue weighted by atomic mass is 16.3. The van der Waals surface area contributed by atoms with Gasteiger partial charge in [0.25, 0.3) is 0 Å². The zero-order valence-electron chi connectivity index (χ0n) is 11.4. The lowest BCUT2D eigenvalue weighted by Gasteiger charge is -2.59. The van der Waals surface area contributed by atoms with Gasteiger partial charge in [0, 0.05) is 12.6 Å². The van der Waals surface area contributed by atoms with Gasteiger partial charge in [-0.3, -0.25) is 0 Å². The average molecular weight is 253 g/mol. The fourth-order valence-electron chi connectivity index (χ4n) is 5.30. The molecule has 0 amide bonds. The van der Waals surface area contributed by atoms with Crippen molar-refractivity contribution in [1.29, 1.82) is 0 Å². The monoisotopic (exact) mass is 253 g/mol. The van der Waals surface area contributed by atoms with Gasteiger partial charge in [0.15, 0.2) is 0 Å². The van der Waals surface area contributed by atoms with E-state index in [-0.39, 0.29) is 6.61 Å². The van der Waals surface area contributed by atoms with Gasteiger partial charge in [-0.05, 0) is 68.6 Å². The van der Waals surface area contributed by atoms with Crippen LogP contribution in [-0.4, -0.2) is 35.5 Å². The molecule has 4 fully saturated rings. The quantitative estimate of drug-likeness (QED) is 0.696. The fourth-order valence-corrected chi connectivity index (χ4v) is 5.30. The molecule has 0 unspecified atom stereocenters. The van der Waals surface area contributed by atoms with Crippen molar-refractivity contribution < 1.29 is 10.2 Å². The molecule has 0 saturated heterocycles. The van der Waals surface area contributed by atoms with E-state index < -0.39 is 6.10 Å². The lowest BCUT2D eigenvalue weighted by Crippen LogP contribution is -2.55. The van der Waals surface area contributed by atoms with E-state index in [1.807, 2.05) is 0 Å². The van der Waals surface area contributed by atoms with Crippen LogP contribution in [0, 0.1) is 23.2 Å². The van der Waals surface area contributed by atoms with Crippen LogP contribution < -0.4 is 5.32 Å². The Kier molecular flexibility index (Phi) is 3.41. The topological polar surface area (TPSA) is 52.5 Å². The first kappa shape index (κ1) is 12.9. The average Bonchev–Trinajstić information content (AvgIpc) is 2.33. The van der Waals surface area contributed by atoms with Gasteiger partial charge in [0.05, 0.1) is 12.7 Å². The lowest BCUT2D eigenvalue weighted by molar-refractivity contribution is -0.0720. The molecule has 0 aliphatic heterocycles. The van der Waals surface area contributed by atoms with E-state index in [0.717, 1.165) is 17.8 Å². The minimum atomic E-state index is -0.610. The fraction of sp³-hybridized carbons (Fsp3) is 1.00. The zero-order valence-corrected chi connectivity index (χ0v) is 11.4. The van der Waals surface area contributed by atoms with Gasteiger partial charge in [-0.15, -0.1) is 0 Å². The maximum absolute atomic E-state index is 9.48. The number of hydrogen-bond donors (Lipinski definition) is 3. The normalized spacial score (nSPS) is 45.2. The Morgan fingerprint density at radius 2 is 1.61 bits per heavy atom. The van der Waals surface area contributed by atoms with Gasteiger partial charge in [-0.25, -0.2) is 0 Å². The number of aliphatic hydroxyl groups excluding tert-OH is 2. The van der Waals surface area contributed by atoms with Gasteiger partial charge in [-0.1, -0.05) is 0 Å². The van der Waals surface area contributed by atoms with Crippen molar-refractivity contribution in [3.05, 3.63) is 0 Å². The Labute approximate surface area is 110 Å². The van der Waals surface area contributed by atoms with Crippen molar-refractivity contribution in [2.45, 2.75) is 57.6 Å². The molecule has 4 aliphatic carbocycles. The maximum Gasteiger partial charge on any atom is 0.0895 e. The Hall–Kier alpha value is -0.120. The molecule has 4 saturated carbocycles. The largest absolute Gasteiger partial charge is 0.394 e. The summed E-state index contributed by atoms with van der Waals surface area (Å²) in [5.41, 5.74) is 0.490. The van der Waals surface area contributed by atoms with Crippen molar-refractivity contribution in [2.24, 2.45) is 23.2 Å². The molecule has 3 nitrogen and oxygen atoms in total. The number of hydrogen-bond acceptors (Lipinski definition) is 3.